The van der Waals surface area contributed by atoms with Crippen LogP contribution in [-0.4, -0.2) is 22.6 Å². The highest BCUT2D eigenvalue weighted by molar-refractivity contribution is 7.57. The summed E-state index contributed by atoms with van der Waals surface area (Å²) in [6, 6.07) is 0. The summed E-state index contributed by atoms with van der Waals surface area (Å²) in [7, 11) is -5.80. The summed E-state index contributed by atoms with van der Waals surface area (Å²) in [5.74, 6) is 0. The van der Waals surface area contributed by atoms with Crippen LogP contribution in [0.2, 0.25) is 19.6 Å². The Bertz CT molecular complexity index is 212. The third-order valence-electron chi connectivity index (χ3n) is 3.12. The summed E-state index contributed by atoms with van der Waals surface area (Å²) in [5.41, 5.74) is 0. The van der Waals surface area contributed by atoms with E-state index in [1.54, 1.807) is 0 Å². The summed E-state index contributed by atoms with van der Waals surface area (Å²) in [6.45, 7) is 9.83. The Balaban J connectivity index is 5.31. The van der Waals surface area contributed by atoms with Gasteiger partial charge in [-0.2, -0.15) is 0 Å². The van der Waals surface area contributed by atoms with E-state index < -0.39 is 20.4 Å². The molecule has 0 bridgehead atoms. The van der Waals surface area contributed by atoms with Crippen LogP contribution in [-0.2, 0) is 4.57 Å². The fraction of sp³-hybridized carbons (Fsp3) is 1.00. The second kappa shape index (κ2) is 3.85. The van der Waals surface area contributed by atoms with E-state index in [9.17, 15) is 14.4 Å². The van der Waals surface area contributed by atoms with Gasteiger partial charge in [-0.1, -0.05) is 33.5 Å². The molecule has 80 valence electrons. The second-order valence-corrected chi connectivity index (χ2v) is 12.4. The van der Waals surface area contributed by atoms with Gasteiger partial charge in [0, 0.05) is 0 Å². The van der Waals surface area contributed by atoms with Gasteiger partial charge in [-0.15, -0.1) is 0 Å². The molecule has 0 radical (unpaired) electrons. The molecule has 0 atom stereocenters. The van der Waals surface area contributed by atoms with Crippen molar-refractivity contribution >= 4 is 15.7 Å². The zero-order valence-electron chi connectivity index (χ0n) is 9.16. The lowest BCUT2D eigenvalue weighted by molar-refractivity contribution is 0.341. The average molecular weight is 224 g/mol. The van der Waals surface area contributed by atoms with E-state index in [1.807, 2.05) is 33.5 Å². The minimum Gasteiger partial charge on any atom is -0.324 e. The molecular weight excluding hydrogens is 203 g/mol. The largest absolute Gasteiger partial charge is 0.328 e. The van der Waals surface area contributed by atoms with Gasteiger partial charge in [0.15, 0.2) is 0 Å². The van der Waals surface area contributed by atoms with Crippen LogP contribution in [0.4, 0.5) is 0 Å². The Hall–Kier alpha value is 0.367. The first-order chi connectivity index (χ1) is 5.62. The zero-order valence-corrected chi connectivity index (χ0v) is 11.1. The van der Waals surface area contributed by atoms with Gasteiger partial charge in [0.05, 0.1) is 12.9 Å². The van der Waals surface area contributed by atoms with Gasteiger partial charge in [0.25, 0.3) is 0 Å². The van der Waals surface area contributed by atoms with Crippen LogP contribution in [0.1, 0.15) is 26.7 Å². The van der Waals surface area contributed by atoms with Crippen molar-refractivity contribution in [2.24, 2.45) is 0 Å². The second-order valence-electron chi connectivity index (χ2n) is 4.53. The first kappa shape index (κ1) is 13.4. The molecule has 0 aromatic carbocycles. The maximum atomic E-state index is 11.5. The third kappa shape index (κ3) is 2.24. The molecule has 0 aliphatic rings. The predicted molar refractivity (Wildman–Crippen MR) is 58.7 cm³/mol. The Labute approximate surface area is 81.7 Å². The van der Waals surface area contributed by atoms with E-state index in [2.05, 4.69) is 0 Å². The lowest BCUT2D eigenvalue weighted by Crippen LogP contribution is -2.50. The molecule has 0 fully saturated rings. The van der Waals surface area contributed by atoms with Gasteiger partial charge >= 0.3 is 7.60 Å². The van der Waals surface area contributed by atoms with Crippen molar-refractivity contribution < 1.29 is 14.4 Å². The smallest absolute Gasteiger partial charge is 0.324 e. The molecule has 0 saturated heterocycles. The van der Waals surface area contributed by atoms with Gasteiger partial charge in [0.2, 0.25) is 0 Å². The summed E-state index contributed by atoms with van der Waals surface area (Å²) in [4.78, 5) is 18.8. The molecule has 0 unspecified atom stereocenters. The molecule has 2 N–H and O–H groups in total. The van der Waals surface area contributed by atoms with Gasteiger partial charge in [-0.05, 0) is 12.8 Å². The standard InChI is InChI=1S/C8H21O3PSi/c1-6-8(7-2,12(9,10)11)13(3,4)5/h6-7H2,1-5H3,(H2,9,10,11). The van der Waals surface area contributed by atoms with Crippen molar-refractivity contribution in [3.05, 3.63) is 0 Å². The highest BCUT2D eigenvalue weighted by Crippen LogP contribution is 2.58. The highest BCUT2D eigenvalue weighted by Gasteiger charge is 2.53. The summed E-state index contributed by atoms with van der Waals surface area (Å²) >= 11 is 0. The summed E-state index contributed by atoms with van der Waals surface area (Å²) < 4.78 is 10.8. The van der Waals surface area contributed by atoms with E-state index in [-0.39, 0.29) is 0 Å². The van der Waals surface area contributed by atoms with E-state index in [0.717, 1.165) is 0 Å². The Kier molecular flexibility index (Phi) is 3.96. The molecule has 0 aliphatic carbocycles. The quantitative estimate of drug-likeness (QED) is 0.570. The molecule has 0 heterocycles. The Morgan fingerprint density at radius 1 is 1.15 bits per heavy atom. The average Bonchev–Trinajstić information content (AvgIpc) is 1.84. The topological polar surface area (TPSA) is 57.5 Å². The van der Waals surface area contributed by atoms with Crippen LogP contribution in [0, 0.1) is 0 Å². The van der Waals surface area contributed by atoms with Crippen molar-refractivity contribution in [3.63, 3.8) is 0 Å². The number of hydrogen-bond donors (Lipinski definition) is 2. The normalized spacial score (nSPS) is 14.7. The zero-order chi connectivity index (χ0) is 10.9. The molecule has 0 aromatic rings. The van der Waals surface area contributed by atoms with Crippen LogP contribution >= 0.6 is 7.60 Å². The molecule has 3 nitrogen and oxygen atoms in total. The maximum Gasteiger partial charge on any atom is 0.328 e. The summed E-state index contributed by atoms with van der Waals surface area (Å²) in [5, 5.41) is 0. The van der Waals surface area contributed by atoms with E-state index >= 15 is 0 Å². The third-order valence-corrected chi connectivity index (χ3v) is 11.3. The van der Waals surface area contributed by atoms with E-state index in [1.165, 1.54) is 0 Å². The monoisotopic (exact) mass is 224 g/mol. The molecule has 0 rings (SSSR count). The van der Waals surface area contributed by atoms with Crippen molar-refractivity contribution in [2.75, 3.05) is 0 Å². The number of hydrogen-bond acceptors (Lipinski definition) is 1. The Morgan fingerprint density at radius 3 is 1.46 bits per heavy atom. The first-order valence-electron chi connectivity index (χ1n) is 4.68. The molecule has 5 heteroatoms. The van der Waals surface area contributed by atoms with Crippen LogP contribution in [0.15, 0.2) is 0 Å². The van der Waals surface area contributed by atoms with Gasteiger partial charge in [-0.25, -0.2) is 0 Å². The van der Waals surface area contributed by atoms with Crippen molar-refractivity contribution in [3.8, 4) is 0 Å². The predicted octanol–water partition coefficient (Wildman–Crippen LogP) is 2.60. The van der Waals surface area contributed by atoms with Crippen LogP contribution in [0.25, 0.3) is 0 Å². The molecule has 0 saturated carbocycles. The molecule has 0 aliphatic heterocycles. The van der Waals surface area contributed by atoms with E-state index in [4.69, 9.17) is 0 Å². The fourth-order valence-corrected chi connectivity index (χ4v) is 8.60. The molecule has 0 aromatic heterocycles. The highest BCUT2D eigenvalue weighted by atomic mass is 31.2. The minimum atomic E-state index is -3.97. The molecule has 13 heavy (non-hydrogen) atoms. The SMILES string of the molecule is CCC(CC)([Si](C)(C)C)P(=O)(O)O. The maximum absolute atomic E-state index is 11.5. The molecule has 0 spiro atoms. The first-order valence-corrected chi connectivity index (χ1v) is 9.79. The van der Waals surface area contributed by atoms with Crippen molar-refractivity contribution in [1.82, 2.24) is 0 Å². The van der Waals surface area contributed by atoms with Gasteiger partial charge in [0.1, 0.15) is 0 Å². The fourth-order valence-electron chi connectivity index (χ4n) is 2.16. The molecular formula is C8H21O3PSi. The number of rotatable bonds is 4. The summed E-state index contributed by atoms with van der Waals surface area (Å²) in [6.07, 6.45) is 1.15. The van der Waals surface area contributed by atoms with Crippen molar-refractivity contribution in [2.45, 2.75) is 51.1 Å². The van der Waals surface area contributed by atoms with E-state index in [0.29, 0.717) is 12.8 Å². The lowest BCUT2D eigenvalue weighted by Gasteiger charge is -2.42. The Morgan fingerprint density at radius 2 is 1.46 bits per heavy atom. The van der Waals surface area contributed by atoms with Crippen molar-refractivity contribution in [1.29, 1.82) is 0 Å². The van der Waals surface area contributed by atoms with Gasteiger partial charge < -0.3 is 9.79 Å². The van der Waals surface area contributed by atoms with Crippen LogP contribution in [0.5, 0.6) is 0 Å². The minimum absolute atomic E-state index is 0.573. The van der Waals surface area contributed by atoms with Gasteiger partial charge in [-0.3, -0.25) is 4.57 Å². The lowest BCUT2D eigenvalue weighted by atomic mass is 10.2. The van der Waals surface area contributed by atoms with Crippen LogP contribution in [0.3, 0.4) is 0 Å². The molecule has 0 amide bonds. The van der Waals surface area contributed by atoms with Crippen LogP contribution < -0.4 is 0 Å².